The van der Waals surface area contributed by atoms with Crippen molar-refractivity contribution < 1.29 is 14.3 Å². The Bertz CT molecular complexity index is 509. The van der Waals surface area contributed by atoms with E-state index in [9.17, 15) is 9.59 Å². The van der Waals surface area contributed by atoms with Gasteiger partial charge in [0.15, 0.2) is 0 Å². The van der Waals surface area contributed by atoms with Gasteiger partial charge in [-0.1, -0.05) is 105 Å². The van der Waals surface area contributed by atoms with E-state index in [0.29, 0.717) is 19.4 Å². The van der Waals surface area contributed by atoms with E-state index in [1.807, 2.05) is 0 Å². The van der Waals surface area contributed by atoms with Gasteiger partial charge in [-0.2, -0.15) is 0 Å². The van der Waals surface area contributed by atoms with Crippen molar-refractivity contribution in [2.45, 2.75) is 144 Å². The number of rotatable bonds is 22. The molecule has 194 valence electrons. The van der Waals surface area contributed by atoms with Gasteiger partial charge in [0.2, 0.25) is 0 Å². The van der Waals surface area contributed by atoms with Crippen molar-refractivity contribution in [2.24, 2.45) is 17.3 Å². The number of ketones is 1. The van der Waals surface area contributed by atoms with Gasteiger partial charge in [-0.05, 0) is 63.7 Å². The lowest BCUT2D eigenvalue weighted by atomic mass is 9.71. The average molecular weight is 465 g/mol. The molecular formula is C30H56O3. The Kier molecular flexibility index (Phi) is 19.6. The molecule has 0 fully saturated rings. The molecule has 0 aromatic carbocycles. The molecule has 0 saturated heterocycles. The highest BCUT2D eigenvalue weighted by molar-refractivity contribution is 6.02. The van der Waals surface area contributed by atoms with Gasteiger partial charge in [-0.25, -0.2) is 0 Å². The zero-order valence-corrected chi connectivity index (χ0v) is 23.1. The van der Waals surface area contributed by atoms with Crippen LogP contribution in [0.25, 0.3) is 0 Å². The Morgan fingerprint density at radius 2 is 1.12 bits per heavy atom. The summed E-state index contributed by atoms with van der Waals surface area (Å²) in [7, 11) is 0. The van der Waals surface area contributed by atoms with Gasteiger partial charge in [-0.15, -0.1) is 0 Å². The summed E-state index contributed by atoms with van der Waals surface area (Å²) in [5, 5.41) is 0. The summed E-state index contributed by atoms with van der Waals surface area (Å²) >= 11 is 0. The maximum Gasteiger partial charge on any atom is 0.319 e. The third kappa shape index (κ3) is 16.2. The molecule has 0 spiro atoms. The Morgan fingerprint density at radius 3 is 1.55 bits per heavy atom. The third-order valence-electron chi connectivity index (χ3n) is 6.47. The molecule has 0 aliphatic carbocycles. The number of esters is 1. The van der Waals surface area contributed by atoms with Gasteiger partial charge in [0, 0.05) is 0 Å². The minimum Gasteiger partial charge on any atom is -0.465 e. The standard InChI is InChI=1S/C30H56O3/c1-7-8-9-10-11-12-13-14-15-16-17-18-19-20-21-22-23-33-29(32)30(28(6)31,24-26(2)3)25-27(4)5/h14-15,26-27H,7-13,16-25H2,1-6H3/b15-14-. The van der Waals surface area contributed by atoms with E-state index in [1.165, 1.54) is 77.0 Å². The molecule has 0 amide bonds. The highest BCUT2D eigenvalue weighted by Gasteiger charge is 2.45. The summed E-state index contributed by atoms with van der Waals surface area (Å²) < 4.78 is 5.62. The molecule has 0 N–H and O–H groups in total. The highest BCUT2D eigenvalue weighted by Crippen LogP contribution is 2.36. The lowest BCUT2D eigenvalue weighted by Gasteiger charge is -2.32. The number of ether oxygens (including phenoxy) is 1. The van der Waals surface area contributed by atoms with Crippen LogP contribution in [0.4, 0.5) is 0 Å². The summed E-state index contributed by atoms with van der Waals surface area (Å²) in [6, 6.07) is 0. The van der Waals surface area contributed by atoms with E-state index in [4.69, 9.17) is 4.74 Å². The first-order valence-corrected chi connectivity index (χ1v) is 14.1. The number of Topliss-reactive ketones (excluding diaryl/α,β-unsaturated/α-hetero) is 1. The third-order valence-corrected chi connectivity index (χ3v) is 6.47. The van der Waals surface area contributed by atoms with E-state index in [1.54, 1.807) is 6.92 Å². The predicted octanol–water partition coefficient (Wildman–Crippen LogP) is 9.23. The van der Waals surface area contributed by atoms with Gasteiger partial charge < -0.3 is 4.74 Å². The van der Waals surface area contributed by atoms with E-state index >= 15 is 0 Å². The van der Waals surface area contributed by atoms with Crippen molar-refractivity contribution in [1.82, 2.24) is 0 Å². The van der Waals surface area contributed by atoms with Crippen molar-refractivity contribution in [1.29, 1.82) is 0 Å². The maximum absolute atomic E-state index is 12.9. The van der Waals surface area contributed by atoms with Crippen LogP contribution in [0.15, 0.2) is 12.2 Å². The van der Waals surface area contributed by atoms with E-state index in [2.05, 4.69) is 46.8 Å². The summed E-state index contributed by atoms with van der Waals surface area (Å²) in [5.74, 6) is 0.220. The number of unbranched alkanes of at least 4 members (excludes halogenated alkanes) is 12. The van der Waals surface area contributed by atoms with Crippen molar-refractivity contribution in [3.8, 4) is 0 Å². The molecule has 0 heterocycles. The van der Waals surface area contributed by atoms with Crippen LogP contribution in [0.3, 0.4) is 0 Å². The molecule has 0 rings (SSSR count). The Labute approximate surface area is 206 Å². The topological polar surface area (TPSA) is 43.4 Å². The lowest BCUT2D eigenvalue weighted by Crippen LogP contribution is -2.42. The minimum absolute atomic E-state index is 0.0454. The molecule has 0 unspecified atom stereocenters. The SMILES string of the molecule is CCCCCCCC/C=C\CCCCCCCCOC(=O)C(CC(C)C)(CC(C)C)C(C)=O. The number of hydrogen-bond acceptors (Lipinski definition) is 3. The van der Waals surface area contributed by atoms with Crippen LogP contribution in [0.2, 0.25) is 0 Å². The molecule has 3 nitrogen and oxygen atoms in total. The molecule has 0 atom stereocenters. The van der Waals surface area contributed by atoms with Crippen molar-refractivity contribution in [2.75, 3.05) is 6.61 Å². The van der Waals surface area contributed by atoms with Crippen LogP contribution in [-0.4, -0.2) is 18.4 Å². The molecule has 0 aromatic rings. The molecule has 3 heteroatoms. The van der Waals surface area contributed by atoms with Crippen LogP contribution in [0.1, 0.15) is 144 Å². The van der Waals surface area contributed by atoms with Crippen molar-refractivity contribution >= 4 is 11.8 Å². The van der Waals surface area contributed by atoms with Crippen molar-refractivity contribution in [3.05, 3.63) is 12.2 Å². The first-order chi connectivity index (χ1) is 15.8. The second-order valence-electron chi connectivity index (χ2n) is 10.9. The summed E-state index contributed by atoms with van der Waals surface area (Å²) in [6.07, 6.45) is 23.5. The van der Waals surface area contributed by atoms with E-state index in [0.717, 1.165) is 12.8 Å². The number of carbonyl (C=O) groups is 2. The number of allylic oxidation sites excluding steroid dienone is 2. The first kappa shape index (κ1) is 31.9. The molecule has 0 radical (unpaired) electrons. The Morgan fingerprint density at radius 1 is 0.697 bits per heavy atom. The normalized spacial score (nSPS) is 12.2. The van der Waals surface area contributed by atoms with Crippen molar-refractivity contribution in [3.63, 3.8) is 0 Å². The van der Waals surface area contributed by atoms with Crippen LogP contribution >= 0.6 is 0 Å². The largest absolute Gasteiger partial charge is 0.465 e. The number of carbonyl (C=O) groups excluding carboxylic acids is 2. The van der Waals surface area contributed by atoms with Gasteiger partial charge in [-0.3, -0.25) is 9.59 Å². The van der Waals surface area contributed by atoms with Crippen LogP contribution in [0.5, 0.6) is 0 Å². The van der Waals surface area contributed by atoms with Crippen LogP contribution in [0, 0.1) is 17.3 Å². The quantitative estimate of drug-likeness (QED) is 0.0694. The molecular weight excluding hydrogens is 408 g/mol. The summed E-state index contributed by atoms with van der Waals surface area (Å²) in [6.45, 7) is 12.5. The van der Waals surface area contributed by atoms with Crippen LogP contribution < -0.4 is 0 Å². The predicted molar refractivity (Wildman–Crippen MR) is 142 cm³/mol. The number of hydrogen-bond donors (Lipinski definition) is 0. The molecule has 0 bridgehead atoms. The van der Waals surface area contributed by atoms with E-state index in [-0.39, 0.29) is 23.6 Å². The fourth-order valence-corrected chi connectivity index (χ4v) is 4.73. The highest BCUT2D eigenvalue weighted by atomic mass is 16.5. The van der Waals surface area contributed by atoms with Crippen LogP contribution in [-0.2, 0) is 14.3 Å². The van der Waals surface area contributed by atoms with E-state index < -0.39 is 5.41 Å². The van der Waals surface area contributed by atoms with Gasteiger partial charge >= 0.3 is 5.97 Å². The fourth-order valence-electron chi connectivity index (χ4n) is 4.73. The molecule has 0 aliphatic heterocycles. The monoisotopic (exact) mass is 464 g/mol. The summed E-state index contributed by atoms with van der Waals surface area (Å²) in [4.78, 5) is 25.3. The lowest BCUT2D eigenvalue weighted by molar-refractivity contribution is -0.162. The average Bonchev–Trinajstić information content (AvgIpc) is 2.74. The second-order valence-corrected chi connectivity index (χ2v) is 10.9. The Balaban J connectivity index is 3.89. The fraction of sp³-hybridized carbons (Fsp3) is 0.867. The molecule has 0 aromatic heterocycles. The maximum atomic E-state index is 12.9. The van der Waals surface area contributed by atoms with Gasteiger partial charge in [0.1, 0.15) is 11.2 Å². The zero-order chi connectivity index (χ0) is 25.0. The molecule has 0 saturated carbocycles. The van der Waals surface area contributed by atoms with Gasteiger partial charge in [0.25, 0.3) is 0 Å². The first-order valence-electron chi connectivity index (χ1n) is 14.1. The smallest absolute Gasteiger partial charge is 0.319 e. The zero-order valence-electron chi connectivity index (χ0n) is 23.1. The molecule has 33 heavy (non-hydrogen) atoms. The Hall–Kier alpha value is -1.12. The second kappa shape index (κ2) is 20.3. The molecule has 0 aliphatic rings. The minimum atomic E-state index is -0.967. The summed E-state index contributed by atoms with van der Waals surface area (Å²) in [5.41, 5.74) is -0.967. The van der Waals surface area contributed by atoms with Gasteiger partial charge in [0.05, 0.1) is 6.61 Å².